The monoisotopic (exact) mass is 249 g/mol. The SMILES string of the molecule is CCOC(=O)C(C)C(C)N[S@](=O)C(C)(C)C. The Morgan fingerprint density at radius 3 is 2.25 bits per heavy atom. The highest BCUT2D eigenvalue weighted by Gasteiger charge is 2.26. The molecule has 96 valence electrons. The molecule has 0 fully saturated rings. The van der Waals surface area contributed by atoms with Crippen molar-refractivity contribution in [2.45, 2.75) is 52.3 Å². The normalized spacial score (nSPS) is 17.6. The van der Waals surface area contributed by atoms with Crippen molar-refractivity contribution < 1.29 is 13.7 Å². The first kappa shape index (κ1) is 15.6. The van der Waals surface area contributed by atoms with Gasteiger partial charge in [-0.25, -0.2) is 8.93 Å². The van der Waals surface area contributed by atoms with Gasteiger partial charge in [-0.3, -0.25) is 4.79 Å². The highest BCUT2D eigenvalue weighted by Crippen LogP contribution is 2.12. The Balaban J connectivity index is 4.31. The minimum atomic E-state index is -1.17. The van der Waals surface area contributed by atoms with Gasteiger partial charge >= 0.3 is 5.97 Å². The fourth-order valence-electron chi connectivity index (χ4n) is 0.926. The molecule has 4 nitrogen and oxygen atoms in total. The second-order valence-corrected chi connectivity index (χ2v) is 6.83. The van der Waals surface area contributed by atoms with Gasteiger partial charge in [0.1, 0.15) is 0 Å². The number of hydrogen-bond donors (Lipinski definition) is 1. The van der Waals surface area contributed by atoms with E-state index in [0.717, 1.165) is 0 Å². The predicted molar refractivity (Wildman–Crippen MR) is 66.3 cm³/mol. The molecule has 0 aromatic carbocycles. The molecular weight excluding hydrogens is 226 g/mol. The Hall–Kier alpha value is -0.420. The molecule has 0 aromatic rings. The molecule has 0 aliphatic rings. The van der Waals surface area contributed by atoms with Crippen LogP contribution in [0.1, 0.15) is 41.5 Å². The summed E-state index contributed by atoms with van der Waals surface area (Å²) in [5.74, 6) is -0.556. The lowest BCUT2D eigenvalue weighted by atomic mass is 10.1. The van der Waals surface area contributed by atoms with Gasteiger partial charge in [-0.1, -0.05) is 6.92 Å². The standard InChI is InChI=1S/C11H23NO3S/c1-7-15-10(13)8(2)9(3)12-16(14)11(4,5)6/h8-9,12H,7H2,1-6H3/t8?,9?,16-/m1/s1. The molecule has 2 unspecified atom stereocenters. The van der Waals surface area contributed by atoms with Crippen LogP contribution in [0.5, 0.6) is 0 Å². The molecule has 16 heavy (non-hydrogen) atoms. The van der Waals surface area contributed by atoms with Crippen LogP contribution in [0.15, 0.2) is 0 Å². The fourth-order valence-corrected chi connectivity index (χ4v) is 1.82. The van der Waals surface area contributed by atoms with Gasteiger partial charge in [0.25, 0.3) is 0 Å². The van der Waals surface area contributed by atoms with Crippen molar-refractivity contribution in [2.75, 3.05) is 6.61 Å². The number of rotatable bonds is 5. The molecule has 3 atom stereocenters. The molecule has 0 aliphatic carbocycles. The van der Waals surface area contributed by atoms with E-state index in [1.807, 2.05) is 27.7 Å². The summed E-state index contributed by atoms with van der Waals surface area (Å²) in [5.41, 5.74) is 0. The molecule has 0 saturated heterocycles. The van der Waals surface area contributed by atoms with Gasteiger partial charge in [-0.05, 0) is 34.6 Å². The number of esters is 1. The average molecular weight is 249 g/mol. The van der Waals surface area contributed by atoms with E-state index in [1.165, 1.54) is 0 Å². The number of carbonyl (C=O) groups excluding carboxylic acids is 1. The van der Waals surface area contributed by atoms with Crippen LogP contribution in [-0.4, -0.2) is 27.6 Å². The molecule has 0 bridgehead atoms. The van der Waals surface area contributed by atoms with Crippen LogP contribution >= 0.6 is 0 Å². The Morgan fingerprint density at radius 2 is 1.88 bits per heavy atom. The maximum absolute atomic E-state index is 11.8. The first-order valence-electron chi connectivity index (χ1n) is 5.54. The average Bonchev–Trinajstić information content (AvgIpc) is 2.15. The van der Waals surface area contributed by atoms with Crippen LogP contribution in [0.3, 0.4) is 0 Å². The first-order valence-corrected chi connectivity index (χ1v) is 6.69. The van der Waals surface area contributed by atoms with Gasteiger partial charge in [-0.2, -0.15) is 0 Å². The molecule has 0 spiro atoms. The Kier molecular flexibility index (Phi) is 6.18. The summed E-state index contributed by atoms with van der Waals surface area (Å²) in [6.45, 7) is 11.4. The largest absolute Gasteiger partial charge is 0.466 e. The van der Waals surface area contributed by atoms with Crippen LogP contribution in [0.4, 0.5) is 0 Å². The van der Waals surface area contributed by atoms with Crippen molar-refractivity contribution in [3.63, 3.8) is 0 Å². The molecule has 0 radical (unpaired) electrons. The van der Waals surface area contributed by atoms with Crippen molar-refractivity contribution in [1.82, 2.24) is 4.72 Å². The van der Waals surface area contributed by atoms with Crippen molar-refractivity contribution in [2.24, 2.45) is 5.92 Å². The van der Waals surface area contributed by atoms with E-state index in [0.29, 0.717) is 6.61 Å². The molecule has 0 aromatic heterocycles. The fraction of sp³-hybridized carbons (Fsp3) is 0.909. The molecule has 0 rings (SSSR count). The van der Waals surface area contributed by atoms with Crippen molar-refractivity contribution in [3.8, 4) is 0 Å². The van der Waals surface area contributed by atoms with Crippen LogP contribution in [0.2, 0.25) is 0 Å². The van der Waals surface area contributed by atoms with Gasteiger partial charge in [-0.15, -0.1) is 0 Å². The third-order valence-electron chi connectivity index (χ3n) is 2.26. The van der Waals surface area contributed by atoms with E-state index in [4.69, 9.17) is 4.74 Å². The van der Waals surface area contributed by atoms with E-state index in [9.17, 15) is 9.00 Å². The summed E-state index contributed by atoms with van der Waals surface area (Å²) in [4.78, 5) is 11.5. The number of hydrogen-bond acceptors (Lipinski definition) is 3. The molecule has 0 aliphatic heterocycles. The minimum Gasteiger partial charge on any atom is -0.466 e. The quantitative estimate of drug-likeness (QED) is 0.753. The summed E-state index contributed by atoms with van der Waals surface area (Å²) in [6.07, 6.45) is 0. The van der Waals surface area contributed by atoms with Crippen molar-refractivity contribution in [3.05, 3.63) is 0 Å². The molecule has 0 amide bonds. The van der Waals surface area contributed by atoms with Crippen LogP contribution in [0, 0.1) is 5.92 Å². The van der Waals surface area contributed by atoms with E-state index in [-0.39, 0.29) is 22.7 Å². The summed E-state index contributed by atoms with van der Waals surface area (Å²) >= 11 is 0. The second-order valence-electron chi connectivity index (χ2n) is 4.83. The minimum absolute atomic E-state index is 0.167. The highest BCUT2D eigenvalue weighted by atomic mass is 32.2. The zero-order valence-electron chi connectivity index (χ0n) is 11.0. The smallest absolute Gasteiger partial charge is 0.310 e. The maximum Gasteiger partial charge on any atom is 0.310 e. The Bertz CT molecular complexity index is 260. The molecule has 0 heterocycles. The Morgan fingerprint density at radius 1 is 1.38 bits per heavy atom. The first-order chi connectivity index (χ1) is 7.20. The van der Waals surface area contributed by atoms with E-state index in [2.05, 4.69) is 4.72 Å². The van der Waals surface area contributed by atoms with Crippen LogP contribution in [-0.2, 0) is 20.5 Å². The lowest BCUT2D eigenvalue weighted by molar-refractivity contribution is -0.148. The number of ether oxygens (including phenoxy) is 1. The maximum atomic E-state index is 11.8. The van der Waals surface area contributed by atoms with Crippen molar-refractivity contribution in [1.29, 1.82) is 0 Å². The second kappa shape index (κ2) is 6.35. The lowest BCUT2D eigenvalue weighted by Crippen LogP contribution is -2.43. The zero-order valence-corrected chi connectivity index (χ0v) is 11.8. The third kappa shape index (κ3) is 5.07. The van der Waals surface area contributed by atoms with Crippen LogP contribution < -0.4 is 4.72 Å². The molecule has 1 N–H and O–H groups in total. The third-order valence-corrected chi connectivity index (χ3v) is 3.96. The summed E-state index contributed by atoms with van der Waals surface area (Å²) in [6, 6.07) is -0.167. The highest BCUT2D eigenvalue weighted by molar-refractivity contribution is 7.84. The van der Waals surface area contributed by atoms with Gasteiger partial charge < -0.3 is 4.74 Å². The zero-order chi connectivity index (χ0) is 12.9. The van der Waals surface area contributed by atoms with Gasteiger partial charge in [0.2, 0.25) is 0 Å². The molecule has 5 heteroatoms. The van der Waals surface area contributed by atoms with Crippen LogP contribution in [0.25, 0.3) is 0 Å². The lowest BCUT2D eigenvalue weighted by Gasteiger charge is -2.24. The van der Waals surface area contributed by atoms with Gasteiger partial charge in [0, 0.05) is 6.04 Å². The van der Waals surface area contributed by atoms with E-state index >= 15 is 0 Å². The number of carbonyl (C=O) groups is 1. The van der Waals surface area contributed by atoms with Crippen molar-refractivity contribution >= 4 is 17.0 Å². The van der Waals surface area contributed by atoms with E-state index in [1.54, 1.807) is 13.8 Å². The Labute approximate surface area is 101 Å². The predicted octanol–water partition coefficient (Wildman–Crippen LogP) is 1.63. The van der Waals surface area contributed by atoms with Gasteiger partial charge in [0.05, 0.1) is 28.3 Å². The summed E-state index contributed by atoms with van der Waals surface area (Å²) < 4.78 is 19.3. The summed E-state index contributed by atoms with van der Waals surface area (Å²) in [5, 5.41) is 0. The summed E-state index contributed by atoms with van der Waals surface area (Å²) in [7, 11) is -1.17. The number of nitrogens with one attached hydrogen (secondary N) is 1. The van der Waals surface area contributed by atoms with E-state index < -0.39 is 11.0 Å². The topological polar surface area (TPSA) is 55.4 Å². The van der Waals surface area contributed by atoms with Gasteiger partial charge in [0.15, 0.2) is 0 Å². The molecular formula is C11H23NO3S. The molecule has 0 saturated carbocycles.